The lowest BCUT2D eigenvalue weighted by Gasteiger charge is -2.30. The smallest absolute Gasteiger partial charge is 0.0866 e. The highest BCUT2D eigenvalue weighted by Gasteiger charge is 2.45. The molecule has 0 aromatic heterocycles. The van der Waals surface area contributed by atoms with Gasteiger partial charge in [0.2, 0.25) is 0 Å². The Balaban J connectivity index is 2.75. The van der Waals surface area contributed by atoms with E-state index in [-0.39, 0.29) is 4.75 Å². The van der Waals surface area contributed by atoms with E-state index in [9.17, 15) is 5.11 Å². The Morgan fingerprint density at radius 3 is 2.00 bits per heavy atom. The summed E-state index contributed by atoms with van der Waals surface area (Å²) in [4.78, 5) is 0. The maximum atomic E-state index is 9.68. The van der Waals surface area contributed by atoms with E-state index >= 15 is 0 Å². The van der Waals surface area contributed by atoms with Crippen LogP contribution in [0, 0.1) is 0 Å². The van der Waals surface area contributed by atoms with Gasteiger partial charge in [-0.25, -0.2) is 0 Å². The first-order valence-electron chi connectivity index (χ1n) is 2.99. The molecule has 1 aliphatic heterocycles. The van der Waals surface area contributed by atoms with Gasteiger partial charge in [0.1, 0.15) is 0 Å². The zero-order chi connectivity index (χ0) is 7.12. The van der Waals surface area contributed by atoms with Crippen LogP contribution in [0.2, 0.25) is 0 Å². The quantitative estimate of drug-likeness (QED) is 0.552. The third-order valence-corrected chi connectivity index (χ3v) is 5.52. The largest absolute Gasteiger partial charge is 0.388 e. The molecule has 0 radical (unpaired) electrons. The molecule has 0 aromatic carbocycles. The second kappa shape index (κ2) is 2.07. The Bertz CT molecular complexity index is 106. The van der Waals surface area contributed by atoms with Gasteiger partial charge in [0.25, 0.3) is 0 Å². The van der Waals surface area contributed by atoms with E-state index in [0.717, 1.165) is 5.75 Å². The molecule has 3 heteroatoms. The average Bonchev–Trinajstić information content (AvgIpc) is 1.81. The molecule has 0 saturated carbocycles. The van der Waals surface area contributed by atoms with Gasteiger partial charge in [0.15, 0.2) is 0 Å². The molecule has 1 unspecified atom stereocenters. The summed E-state index contributed by atoms with van der Waals surface area (Å²) in [6, 6.07) is 0. The van der Waals surface area contributed by atoms with Crippen LogP contribution < -0.4 is 0 Å². The Labute approximate surface area is 64.0 Å². The van der Waals surface area contributed by atoms with Gasteiger partial charge in [-0.3, -0.25) is 0 Å². The highest BCUT2D eigenvalue weighted by atomic mass is 33.1. The van der Waals surface area contributed by atoms with Crippen molar-refractivity contribution in [3.63, 3.8) is 0 Å². The maximum absolute atomic E-state index is 9.68. The predicted octanol–water partition coefficient (Wildman–Crippen LogP) is 1.91. The lowest BCUT2D eigenvalue weighted by atomic mass is 9.94. The van der Waals surface area contributed by atoms with Crippen LogP contribution in [0.1, 0.15) is 20.8 Å². The number of hydrogen-bond donors (Lipinski definition) is 1. The molecule has 54 valence electrons. The molecule has 1 fully saturated rings. The van der Waals surface area contributed by atoms with Gasteiger partial charge < -0.3 is 5.11 Å². The first-order valence-corrected chi connectivity index (χ1v) is 5.31. The van der Waals surface area contributed by atoms with Crippen LogP contribution in [0.5, 0.6) is 0 Å². The van der Waals surface area contributed by atoms with Gasteiger partial charge in [-0.15, -0.1) is 0 Å². The van der Waals surface area contributed by atoms with Gasteiger partial charge in [0, 0.05) is 10.5 Å². The van der Waals surface area contributed by atoms with E-state index in [1.807, 2.05) is 6.92 Å². The van der Waals surface area contributed by atoms with Crippen LogP contribution in [0.4, 0.5) is 0 Å². The lowest BCUT2D eigenvalue weighted by molar-refractivity contribution is 0.0574. The Hall–Kier alpha value is 0.660. The van der Waals surface area contributed by atoms with Crippen LogP contribution in [0.3, 0.4) is 0 Å². The highest BCUT2D eigenvalue weighted by Crippen LogP contribution is 2.51. The van der Waals surface area contributed by atoms with Crippen molar-refractivity contribution in [2.24, 2.45) is 0 Å². The zero-order valence-corrected chi connectivity index (χ0v) is 7.60. The summed E-state index contributed by atoms with van der Waals surface area (Å²) in [6.07, 6.45) is 0. The molecule has 0 aliphatic carbocycles. The molecule has 1 aliphatic rings. The third-order valence-electron chi connectivity index (χ3n) is 1.90. The van der Waals surface area contributed by atoms with Crippen LogP contribution in [0.15, 0.2) is 0 Å². The van der Waals surface area contributed by atoms with E-state index in [2.05, 4.69) is 13.8 Å². The van der Waals surface area contributed by atoms with E-state index in [1.165, 1.54) is 0 Å². The summed E-state index contributed by atoms with van der Waals surface area (Å²) < 4.78 is 0.0255. The minimum absolute atomic E-state index is 0.0255. The molecule has 1 nitrogen and oxygen atoms in total. The fourth-order valence-electron chi connectivity index (χ4n) is 0.555. The minimum Gasteiger partial charge on any atom is -0.388 e. The van der Waals surface area contributed by atoms with Crippen molar-refractivity contribution >= 4 is 21.6 Å². The first kappa shape index (κ1) is 7.76. The lowest BCUT2D eigenvalue weighted by Crippen LogP contribution is -2.42. The Morgan fingerprint density at radius 2 is 1.89 bits per heavy atom. The van der Waals surface area contributed by atoms with Crippen LogP contribution in [-0.4, -0.2) is 21.2 Å². The molecule has 1 heterocycles. The van der Waals surface area contributed by atoms with Gasteiger partial charge in [-0.05, 0) is 20.8 Å². The van der Waals surface area contributed by atoms with Crippen LogP contribution >= 0.6 is 21.6 Å². The van der Waals surface area contributed by atoms with Crippen molar-refractivity contribution in [1.29, 1.82) is 0 Å². The second-order valence-electron chi connectivity index (χ2n) is 3.13. The van der Waals surface area contributed by atoms with E-state index in [1.54, 1.807) is 21.6 Å². The molecule has 1 rings (SSSR count). The number of hydrogen-bond acceptors (Lipinski definition) is 3. The molecule has 0 spiro atoms. The Kier molecular flexibility index (Phi) is 1.79. The molecular formula is C6H12OS2. The van der Waals surface area contributed by atoms with E-state index < -0.39 is 5.60 Å². The van der Waals surface area contributed by atoms with Gasteiger partial charge >= 0.3 is 0 Å². The number of rotatable bonds is 0. The Morgan fingerprint density at radius 1 is 1.33 bits per heavy atom. The van der Waals surface area contributed by atoms with Crippen molar-refractivity contribution < 1.29 is 5.11 Å². The fourth-order valence-corrected chi connectivity index (χ4v) is 4.13. The zero-order valence-electron chi connectivity index (χ0n) is 5.97. The van der Waals surface area contributed by atoms with Gasteiger partial charge in [-0.2, -0.15) is 0 Å². The topological polar surface area (TPSA) is 20.2 Å². The predicted molar refractivity (Wildman–Crippen MR) is 44.8 cm³/mol. The van der Waals surface area contributed by atoms with E-state index in [4.69, 9.17) is 0 Å². The average molecular weight is 164 g/mol. The molecule has 9 heavy (non-hydrogen) atoms. The molecule has 0 aromatic rings. The summed E-state index contributed by atoms with van der Waals surface area (Å²) in [6.45, 7) is 6.06. The van der Waals surface area contributed by atoms with Crippen molar-refractivity contribution in [2.75, 3.05) is 5.75 Å². The summed E-state index contributed by atoms with van der Waals surface area (Å²) >= 11 is 0. The molecule has 1 N–H and O–H groups in total. The molecule has 0 amide bonds. The summed E-state index contributed by atoms with van der Waals surface area (Å²) in [5.74, 6) is 0.852. The van der Waals surface area contributed by atoms with Crippen molar-refractivity contribution in [1.82, 2.24) is 0 Å². The molecular weight excluding hydrogens is 152 g/mol. The van der Waals surface area contributed by atoms with Gasteiger partial charge in [0.05, 0.1) is 5.60 Å². The SMILES string of the molecule is CC1(O)CSSC1(C)C. The summed E-state index contributed by atoms with van der Waals surface area (Å²) in [5, 5.41) is 9.68. The van der Waals surface area contributed by atoms with Crippen molar-refractivity contribution in [3.8, 4) is 0 Å². The minimum atomic E-state index is -0.484. The summed E-state index contributed by atoms with van der Waals surface area (Å²) in [5.41, 5.74) is -0.484. The maximum Gasteiger partial charge on any atom is 0.0866 e. The summed E-state index contributed by atoms with van der Waals surface area (Å²) in [7, 11) is 3.53. The first-order chi connectivity index (χ1) is 3.96. The van der Waals surface area contributed by atoms with Crippen molar-refractivity contribution in [2.45, 2.75) is 31.1 Å². The van der Waals surface area contributed by atoms with Crippen LogP contribution in [0.25, 0.3) is 0 Å². The van der Waals surface area contributed by atoms with Gasteiger partial charge in [-0.1, -0.05) is 21.6 Å². The fraction of sp³-hybridized carbons (Fsp3) is 1.00. The van der Waals surface area contributed by atoms with E-state index in [0.29, 0.717) is 0 Å². The number of aliphatic hydroxyl groups is 1. The van der Waals surface area contributed by atoms with Crippen molar-refractivity contribution in [3.05, 3.63) is 0 Å². The molecule has 1 atom stereocenters. The monoisotopic (exact) mass is 164 g/mol. The second-order valence-corrected chi connectivity index (χ2v) is 6.05. The van der Waals surface area contributed by atoms with Crippen LogP contribution in [-0.2, 0) is 0 Å². The normalized spacial score (nSPS) is 41.3. The standard InChI is InChI=1S/C6H12OS2/c1-5(2)6(3,7)4-8-9-5/h7H,4H2,1-3H3. The highest BCUT2D eigenvalue weighted by molar-refractivity contribution is 8.77. The third kappa shape index (κ3) is 1.23. The molecule has 0 bridgehead atoms. The molecule has 1 saturated heterocycles.